The lowest BCUT2D eigenvalue weighted by molar-refractivity contribution is 0.102. The fraction of sp³-hybridized carbons (Fsp3) is 0.111. The van der Waals surface area contributed by atoms with Crippen molar-refractivity contribution in [1.29, 1.82) is 0 Å². The molecule has 1 N–H and O–H groups in total. The topological polar surface area (TPSA) is 86.3 Å². The second kappa shape index (κ2) is 7.46. The lowest BCUT2D eigenvalue weighted by Crippen LogP contribution is -2.15. The van der Waals surface area contributed by atoms with Gasteiger partial charge in [0.2, 0.25) is 0 Å². The molecule has 0 atom stereocenters. The number of halogens is 1. The number of para-hydroxylation sites is 2. The van der Waals surface area contributed by atoms with Crippen LogP contribution in [0.15, 0.2) is 61.2 Å². The largest absolute Gasteiger partial charge is 0.489 e. The molecule has 3 heterocycles. The minimum atomic E-state index is -0.436. The first-order chi connectivity index (χ1) is 13.2. The summed E-state index contributed by atoms with van der Waals surface area (Å²) in [6.45, 7) is 1.01. The number of aromatic nitrogens is 5. The molecule has 136 valence electrons. The second-order valence-corrected chi connectivity index (χ2v) is 6.00. The molecule has 0 unspecified atom stereocenters. The van der Waals surface area contributed by atoms with E-state index in [1.165, 1.54) is 4.52 Å². The molecule has 1 aromatic carbocycles. The minimum absolute atomic E-state index is 0.0988. The van der Waals surface area contributed by atoms with Crippen LogP contribution >= 0.6 is 11.6 Å². The first kappa shape index (κ1) is 17.0. The van der Waals surface area contributed by atoms with Crippen LogP contribution < -0.4 is 10.1 Å². The van der Waals surface area contributed by atoms with E-state index in [4.69, 9.17) is 16.3 Å². The van der Waals surface area contributed by atoms with Crippen molar-refractivity contribution in [2.45, 2.75) is 6.54 Å². The van der Waals surface area contributed by atoms with Crippen molar-refractivity contribution < 1.29 is 9.53 Å². The van der Waals surface area contributed by atoms with E-state index >= 15 is 0 Å². The van der Waals surface area contributed by atoms with Crippen LogP contribution in [0.25, 0.3) is 5.65 Å². The van der Waals surface area contributed by atoms with Gasteiger partial charge < -0.3 is 10.1 Å². The van der Waals surface area contributed by atoms with Crippen LogP contribution in [0, 0.1) is 0 Å². The van der Waals surface area contributed by atoms with Gasteiger partial charge in [0.1, 0.15) is 17.4 Å². The summed E-state index contributed by atoms with van der Waals surface area (Å²) in [6.07, 6.45) is 6.84. The summed E-state index contributed by atoms with van der Waals surface area (Å²) < 4.78 is 9.02. The number of benzene rings is 1. The van der Waals surface area contributed by atoms with Gasteiger partial charge in [-0.25, -0.2) is 9.50 Å². The molecule has 4 rings (SSSR count). The van der Waals surface area contributed by atoms with E-state index in [0.717, 1.165) is 0 Å². The number of rotatable bonds is 6. The van der Waals surface area contributed by atoms with E-state index in [9.17, 15) is 4.79 Å². The maximum absolute atomic E-state index is 12.6. The van der Waals surface area contributed by atoms with Crippen molar-refractivity contribution in [2.75, 3.05) is 11.9 Å². The molecule has 0 fully saturated rings. The molecule has 27 heavy (non-hydrogen) atoms. The SMILES string of the molecule is O=C(Nc1ccccc1OCCn1cccn1)c1nn2cccnc2c1Cl. The third-order valence-electron chi connectivity index (χ3n) is 3.83. The van der Waals surface area contributed by atoms with Crippen LogP contribution in [-0.4, -0.2) is 36.9 Å². The van der Waals surface area contributed by atoms with Gasteiger partial charge in [0, 0.05) is 24.8 Å². The van der Waals surface area contributed by atoms with Crippen LogP contribution in [-0.2, 0) is 6.54 Å². The molecule has 0 saturated carbocycles. The van der Waals surface area contributed by atoms with Gasteiger partial charge >= 0.3 is 0 Å². The maximum Gasteiger partial charge on any atom is 0.277 e. The molecule has 0 aliphatic carbocycles. The normalized spacial score (nSPS) is 10.9. The fourth-order valence-electron chi connectivity index (χ4n) is 2.56. The number of nitrogens with one attached hydrogen (secondary N) is 1. The molecule has 0 aliphatic rings. The number of amides is 1. The molecular weight excluding hydrogens is 368 g/mol. The third-order valence-corrected chi connectivity index (χ3v) is 4.17. The molecular formula is C18H15ClN6O2. The number of hydrogen-bond donors (Lipinski definition) is 1. The molecule has 1 amide bonds. The van der Waals surface area contributed by atoms with E-state index in [1.807, 2.05) is 24.4 Å². The number of anilines is 1. The highest BCUT2D eigenvalue weighted by Crippen LogP contribution is 2.26. The van der Waals surface area contributed by atoms with Gasteiger partial charge in [0.05, 0.1) is 12.2 Å². The Morgan fingerprint density at radius 3 is 2.81 bits per heavy atom. The van der Waals surface area contributed by atoms with Crippen LogP contribution in [0.1, 0.15) is 10.5 Å². The van der Waals surface area contributed by atoms with Gasteiger partial charge in [0.25, 0.3) is 5.91 Å². The summed E-state index contributed by atoms with van der Waals surface area (Å²) in [6, 6.07) is 10.7. The Balaban J connectivity index is 1.50. The average Bonchev–Trinajstić information content (AvgIpc) is 3.32. The smallest absolute Gasteiger partial charge is 0.277 e. The van der Waals surface area contributed by atoms with Crippen molar-refractivity contribution in [3.63, 3.8) is 0 Å². The van der Waals surface area contributed by atoms with E-state index in [-0.39, 0.29) is 10.7 Å². The molecule has 0 saturated heterocycles. The molecule has 0 bridgehead atoms. The Bertz CT molecular complexity index is 1080. The van der Waals surface area contributed by atoms with Gasteiger partial charge in [-0.15, -0.1) is 0 Å². The van der Waals surface area contributed by atoms with E-state index in [2.05, 4.69) is 20.5 Å². The van der Waals surface area contributed by atoms with E-state index < -0.39 is 5.91 Å². The van der Waals surface area contributed by atoms with Crippen molar-refractivity contribution in [1.82, 2.24) is 24.4 Å². The minimum Gasteiger partial charge on any atom is -0.489 e. The molecule has 4 aromatic rings. The molecule has 0 spiro atoms. The van der Waals surface area contributed by atoms with Crippen molar-refractivity contribution in [2.24, 2.45) is 0 Å². The standard InChI is InChI=1S/C18H15ClN6O2/c19-15-16(23-25-10-3-7-20-17(15)25)18(26)22-13-5-1-2-6-14(13)27-12-11-24-9-4-8-21-24/h1-10H,11-12H2,(H,22,26). The summed E-state index contributed by atoms with van der Waals surface area (Å²) >= 11 is 6.25. The zero-order valence-corrected chi connectivity index (χ0v) is 14.9. The lowest BCUT2D eigenvalue weighted by atomic mass is 10.2. The predicted octanol–water partition coefficient (Wildman–Crippen LogP) is 2.91. The Morgan fingerprint density at radius 2 is 2.00 bits per heavy atom. The Kier molecular flexibility index (Phi) is 4.71. The summed E-state index contributed by atoms with van der Waals surface area (Å²) in [4.78, 5) is 16.8. The van der Waals surface area contributed by atoms with Gasteiger partial charge in [-0.05, 0) is 24.3 Å². The number of hydrogen-bond acceptors (Lipinski definition) is 5. The van der Waals surface area contributed by atoms with Gasteiger partial charge in [-0.3, -0.25) is 9.48 Å². The van der Waals surface area contributed by atoms with Crippen LogP contribution in [0.3, 0.4) is 0 Å². The summed E-state index contributed by atoms with van der Waals surface area (Å²) in [5.74, 6) is 0.115. The van der Waals surface area contributed by atoms with Crippen LogP contribution in [0.5, 0.6) is 5.75 Å². The first-order valence-electron chi connectivity index (χ1n) is 8.22. The number of fused-ring (bicyclic) bond motifs is 1. The second-order valence-electron chi connectivity index (χ2n) is 5.62. The summed E-state index contributed by atoms with van der Waals surface area (Å²) in [5, 5.41) is 11.3. The Morgan fingerprint density at radius 1 is 1.15 bits per heavy atom. The predicted molar refractivity (Wildman–Crippen MR) is 100 cm³/mol. The lowest BCUT2D eigenvalue weighted by Gasteiger charge is -2.12. The molecule has 0 radical (unpaired) electrons. The number of carbonyl (C=O) groups excluding carboxylic acids is 1. The Hall–Kier alpha value is -3.39. The van der Waals surface area contributed by atoms with E-state index in [1.54, 1.807) is 41.5 Å². The highest BCUT2D eigenvalue weighted by molar-refractivity contribution is 6.37. The highest BCUT2D eigenvalue weighted by atomic mass is 35.5. The fourth-order valence-corrected chi connectivity index (χ4v) is 2.82. The average molecular weight is 383 g/mol. The third kappa shape index (κ3) is 3.61. The zero-order valence-electron chi connectivity index (χ0n) is 14.1. The number of carbonyl (C=O) groups is 1. The van der Waals surface area contributed by atoms with Crippen molar-refractivity contribution in [3.8, 4) is 5.75 Å². The van der Waals surface area contributed by atoms with Crippen molar-refractivity contribution in [3.05, 3.63) is 71.9 Å². The van der Waals surface area contributed by atoms with Gasteiger partial charge in [-0.2, -0.15) is 10.2 Å². The monoisotopic (exact) mass is 382 g/mol. The highest BCUT2D eigenvalue weighted by Gasteiger charge is 2.19. The van der Waals surface area contributed by atoms with E-state index in [0.29, 0.717) is 30.2 Å². The van der Waals surface area contributed by atoms with Gasteiger partial charge in [0.15, 0.2) is 11.3 Å². The summed E-state index contributed by atoms with van der Waals surface area (Å²) in [7, 11) is 0. The zero-order chi connectivity index (χ0) is 18.6. The molecule has 9 heteroatoms. The Labute approximate surface area is 159 Å². The van der Waals surface area contributed by atoms with Crippen LogP contribution in [0.4, 0.5) is 5.69 Å². The van der Waals surface area contributed by atoms with Crippen molar-refractivity contribution >= 4 is 28.8 Å². The number of nitrogens with zero attached hydrogens (tertiary/aromatic N) is 5. The quantitative estimate of drug-likeness (QED) is 0.554. The number of ether oxygens (including phenoxy) is 1. The molecule has 8 nitrogen and oxygen atoms in total. The molecule has 0 aliphatic heterocycles. The summed E-state index contributed by atoms with van der Waals surface area (Å²) in [5.41, 5.74) is 1.05. The van der Waals surface area contributed by atoms with Gasteiger partial charge in [-0.1, -0.05) is 23.7 Å². The first-order valence-corrected chi connectivity index (χ1v) is 8.59. The maximum atomic E-state index is 12.6. The molecule has 3 aromatic heterocycles. The van der Waals surface area contributed by atoms with Crippen LogP contribution in [0.2, 0.25) is 5.02 Å².